The molecule has 100 valence electrons. The van der Waals surface area contributed by atoms with Gasteiger partial charge in [-0.3, -0.25) is 0 Å². The second-order valence-electron chi connectivity index (χ2n) is 4.31. The summed E-state index contributed by atoms with van der Waals surface area (Å²) in [6.45, 7) is 0.937. The quantitative estimate of drug-likeness (QED) is 0.893. The van der Waals surface area contributed by atoms with E-state index in [9.17, 15) is 17.2 Å². The second kappa shape index (κ2) is 4.91. The van der Waals surface area contributed by atoms with Gasteiger partial charge in [0.05, 0.1) is 0 Å². The average Bonchev–Trinajstić information content (AvgIpc) is 2.81. The molecule has 1 aliphatic rings. The number of nitrogens with two attached hydrogens (primary N) is 1. The van der Waals surface area contributed by atoms with Gasteiger partial charge < -0.3 is 5.73 Å². The van der Waals surface area contributed by atoms with Crippen LogP contribution in [0.15, 0.2) is 23.1 Å². The van der Waals surface area contributed by atoms with E-state index in [1.165, 1.54) is 6.07 Å². The highest BCUT2D eigenvalue weighted by molar-refractivity contribution is 7.89. The third kappa shape index (κ3) is 2.25. The van der Waals surface area contributed by atoms with Gasteiger partial charge in [0.15, 0.2) is 11.6 Å². The molecule has 7 heteroatoms. The predicted molar refractivity (Wildman–Crippen MR) is 62.3 cm³/mol. The van der Waals surface area contributed by atoms with Crippen LogP contribution in [-0.2, 0) is 10.0 Å². The fourth-order valence-corrected chi connectivity index (χ4v) is 3.64. The zero-order chi connectivity index (χ0) is 13.3. The molecule has 0 aromatic heterocycles. The lowest BCUT2D eigenvalue weighted by molar-refractivity contribution is 0.443. The number of rotatable bonds is 3. The van der Waals surface area contributed by atoms with Crippen LogP contribution in [0.25, 0.3) is 0 Å². The molecule has 0 spiro atoms. The largest absolute Gasteiger partial charge is 0.330 e. The molecule has 4 nitrogen and oxygen atoms in total. The monoisotopic (exact) mass is 276 g/mol. The molecule has 2 N–H and O–H groups in total. The Balaban J connectivity index is 2.35. The van der Waals surface area contributed by atoms with Crippen molar-refractivity contribution < 1.29 is 17.2 Å². The van der Waals surface area contributed by atoms with Crippen LogP contribution in [0.4, 0.5) is 8.78 Å². The molecule has 0 amide bonds. The molecule has 0 radical (unpaired) electrons. The first-order valence-electron chi connectivity index (χ1n) is 5.61. The van der Waals surface area contributed by atoms with Crippen LogP contribution in [-0.4, -0.2) is 32.4 Å². The zero-order valence-corrected chi connectivity index (χ0v) is 10.5. The SMILES string of the molecule is NCC1CCN(S(=O)(=O)c2cccc(F)c2F)C1. The van der Waals surface area contributed by atoms with Crippen LogP contribution in [0.5, 0.6) is 0 Å². The van der Waals surface area contributed by atoms with Crippen molar-refractivity contribution in [1.29, 1.82) is 0 Å². The van der Waals surface area contributed by atoms with Crippen molar-refractivity contribution in [3.05, 3.63) is 29.8 Å². The van der Waals surface area contributed by atoms with Gasteiger partial charge in [0.1, 0.15) is 4.90 Å². The van der Waals surface area contributed by atoms with Crippen LogP contribution >= 0.6 is 0 Å². The van der Waals surface area contributed by atoms with Gasteiger partial charge in [-0.1, -0.05) is 6.07 Å². The standard InChI is InChI=1S/C11H14F2N2O2S/c12-9-2-1-3-10(11(9)13)18(16,17)15-5-4-8(6-14)7-15/h1-3,8H,4-7,14H2. The van der Waals surface area contributed by atoms with Crippen molar-refractivity contribution >= 4 is 10.0 Å². The summed E-state index contributed by atoms with van der Waals surface area (Å²) in [6, 6.07) is 3.15. The number of sulfonamides is 1. The van der Waals surface area contributed by atoms with Gasteiger partial charge in [0.2, 0.25) is 10.0 Å². The van der Waals surface area contributed by atoms with Crippen molar-refractivity contribution in [3.8, 4) is 0 Å². The molecular formula is C11H14F2N2O2S. The van der Waals surface area contributed by atoms with Crippen LogP contribution in [0, 0.1) is 17.6 Å². The molecule has 1 aromatic rings. The van der Waals surface area contributed by atoms with E-state index in [4.69, 9.17) is 5.73 Å². The minimum Gasteiger partial charge on any atom is -0.330 e. The summed E-state index contributed by atoms with van der Waals surface area (Å²) in [6.07, 6.45) is 0.646. The molecule has 1 saturated heterocycles. The Morgan fingerprint density at radius 3 is 2.72 bits per heavy atom. The highest BCUT2D eigenvalue weighted by Gasteiger charge is 2.34. The molecule has 1 fully saturated rings. The van der Waals surface area contributed by atoms with E-state index in [2.05, 4.69) is 0 Å². The van der Waals surface area contributed by atoms with E-state index >= 15 is 0 Å². The van der Waals surface area contributed by atoms with Gasteiger partial charge >= 0.3 is 0 Å². The van der Waals surface area contributed by atoms with Crippen LogP contribution in [0.1, 0.15) is 6.42 Å². The lowest BCUT2D eigenvalue weighted by Crippen LogP contribution is -2.30. The van der Waals surface area contributed by atoms with Crippen molar-refractivity contribution in [1.82, 2.24) is 4.31 Å². The van der Waals surface area contributed by atoms with E-state index in [0.29, 0.717) is 19.5 Å². The van der Waals surface area contributed by atoms with Crippen LogP contribution in [0.2, 0.25) is 0 Å². The summed E-state index contributed by atoms with van der Waals surface area (Å²) in [5.41, 5.74) is 5.48. The van der Waals surface area contributed by atoms with Crippen molar-refractivity contribution in [3.63, 3.8) is 0 Å². The first kappa shape index (κ1) is 13.4. The number of hydrogen-bond donors (Lipinski definition) is 1. The smallest absolute Gasteiger partial charge is 0.246 e. The fourth-order valence-electron chi connectivity index (χ4n) is 2.03. The van der Waals surface area contributed by atoms with Gasteiger partial charge in [0.25, 0.3) is 0 Å². The summed E-state index contributed by atoms with van der Waals surface area (Å²) in [7, 11) is -3.97. The molecule has 18 heavy (non-hydrogen) atoms. The van der Waals surface area contributed by atoms with E-state index in [-0.39, 0.29) is 12.5 Å². The summed E-state index contributed by atoms with van der Waals surface area (Å²) in [5, 5.41) is 0. The van der Waals surface area contributed by atoms with Gasteiger partial charge in [-0.05, 0) is 31.0 Å². The minimum atomic E-state index is -3.97. The average molecular weight is 276 g/mol. The molecule has 1 aliphatic heterocycles. The first-order valence-corrected chi connectivity index (χ1v) is 7.05. The van der Waals surface area contributed by atoms with Crippen LogP contribution in [0.3, 0.4) is 0 Å². The Morgan fingerprint density at radius 2 is 2.11 bits per heavy atom. The minimum absolute atomic E-state index is 0.0800. The lowest BCUT2D eigenvalue weighted by atomic mass is 10.1. The Kier molecular flexibility index (Phi) is 3.65. The van der Waals surface area contributed by atoms with Gasteiger partial charge in [0, 0.05) is 13.1 Å². The van der Waals surface area contributed by atoms with Crippen molar-refractivity contribution in [2.75, 3.05) is 19.6 Å². The summed E-state index contributed by atoms with van der Waals surface area (Å²) >= 11 is 0. The Labute approximate surface area is 104 Å². The molecule has 0 bridgehead atoms. The summed E-state index contributed by atoms with van der Waals surface area (Å²) in [5.74, 6) is -2.41. The normalized spacial score (nSPS) is 21.4. The number of halogens is 2. The maximum Gasteiger partial charge on any atom is 0.246 e. The highest BCUT2D eigenvalue weighted by Crippen LogP contribution is 2.26. The van der Waals surface area contributed by atoms with Gasteiger partial charge in [-0.25, -0.2) is 17.2 Å². The summed E-state index contributed by atoms with van der Waals surface area (Å²) in [4.78, 5) is -0.611. The van der Waals surface area contributed by atoms with E-state index in [0.717, 1.165) is 16.4 Å². The van der Waals surface area contributed by atoms with E-state index < -0.39 is 26.6 Å². The Morgan fingerprint density at radius 1 is 1.39 bits per heavy atom. The van der Waals surface area contributed by atoms with Crippen LogP contribution < -0.4 is 5.73 Å². The number of nitrogens with zero attached hydrogens (tertiary/aromatic N) is 1. The van der Waals surface area contributed by atoms with Crippen molar-refractivity contribution in [2.45, 2.75) is 11.3 Å². The Bertz CT molecular complexity index is 548. The van der Waals surface area contributed by atoms with Gasteiger partial charge in [-0.2, -0.15) is 4.31 Å². The third-order valence-electron chi connectivity index (χ3n) is 3.12. The highest BCUT2D eigenvalue weighted by atomic mass is 32.2. The number of benzene rings is 1. The van der Waals surface area contributed by atoms with Crippen molar-refractivity contribution in [2.24, 2.45) is 11.7 Å². The summed E-state index contributed by atoms with van der Waals surface area (Å²) < 4.78 is 52.0. The topological polar surface area (TPSA) is 63.4 Å². The molecule has 2 rings (SSSR count). The third-order valence-corrected chi connectivity index (χ3v) is 5.00. The molecule has 1 heterocycles. The fraction of sp³-hybridized carbons (Fsp3) is 0.455. The van der Waals surface area contributed by atoms with E-state index in [1.54, 1.807) is 0 Å². The first-order chi connectivity index (χ1) is 8.46. The molecule has 0 saturated carbocycles. The molecule has 0 aliphatic carbocycles. The maximum absolute atomic E-state index is 13.5. The zero-order valence-electron chi connectivity index (χ0n) is 9.64. The molecule has 1 unspecified atom stereocenters. The molecular weight excluding hydrogens is 262 g/mol. The molecule has 1 atom stereocenters. The second-order valence-corrected chi connectivity index (χ2v) is 6.21. The number of hydrogen-bond acceptors (Lipinski definition) is 3. The van der Waals surface area contributed by atoms with E-state index in [1.807, 2.05) is 0 Å². The maximum atomic E-state index is 13.5. The van der Waals surface area contributed by atoms with Gasteiger partial charge in [-0.15, -0.1) is 0 Å². The lowest BCUT2D eigenvalue weighted by Gasteiger charge is -2.16. The predicted octanol–water partition coefficient (Wildman–Crippen LogP) is 0.934. The Hall–Kier alpha value is -1.05. The molecule has 1 aromatic carbocycles.